The van der Waals surface area contributed by atoms with E-state index in [1.54, 1.807) is 0 Å². The van der Waals surface area contributed by atoms with Gasteiger partial charge in [-0.25, -0.2) is 0 Å². The lowest BCUT2D eigenvalue weighted by Crippen LogP contribution is -2.32. The molecule has 0 spiro atoms. The highest BCUT2D eigenvalue weighted by molar-refractivity contribution is 6.01. The third-order valence-electron chi connectivity index (χ3n) is 8.05. The minimum absolute atomic E-state index is 0.160. The van der Waals surface area contributed by atoms with E-state index in [1.807, 2.05) is 32.0 Å². The van der Waals surface area contributed by atoms with E-state index in [-0.39, 0.29) is 6.04 Å². The van der Waals surface area contributed by atoms with E-state index in [0.29, 0.717) is 0 Å². The Bertz CT molecular complexity index is 1660. The van der Waals surface area contributed by atoms with Gasteiger partial charge in [0.1, 0.15) is 0 Å². The zero-order chi connectivity index (χ0) is 29.3. The van der Waals surface area contributed by atoms with Crippen molar-refractivity contribution in [2.24, 2.45) is 11.5 Å². The van der Waals surface area contributed by atoms with Gasteiger partial charge in [0.15, 0.2) is 0 Å². The van der Waals surface area contributed by atoms with Crippen molar-refractivity contribution in [2.75, 3.05) is 9.80 Å². The summed E-state index contributed by atoms with van der Waals surface area (Å²) < 4.78 is 0. The molecule has 0 aromatic heterocycles. The average molecular weight is 550 g/mol. The van der Waals surface area contributed by atoms with E-state index in [0.717, 1.165) is 56.4 Å². The van der Waals surface area contributed by atoms with Crippen molar-refractivity contribution in [2.45, 2.75) is 32.4 Å². The molecular formula is C38H37N4. The van der Waals surface area contributed by atoms with Gasteiger partial charge in [-0.1, -0.05) is 98.8 Å². The highest BCUT2D eigenvalue weighted by atomic mass is 15.3. The Morgan fingerprint density at radius 2 is 0.952 bits per heavy atom. The first-order valence-electron chi connectivity index (χ1n) is 14.7. The molecule has 0 saturated heterocycles. The summed E-state index contributed by atoms with van der Waals surface area (Å²) in [4.78, 5) is 4.67. The molecule has 7 rings (SSSR count). The minimum Gasteiger partial charge on any atom is -0.321 e. The molecule has 209 valence electrons. The maximum absolute atomic E-state index is 6.95. The zero-order valence-corrected chi connectivity index (χ0v) is 24.4. The molecule has 2 aliphatic rings. The summed E-state index contributed by atoms with van der Waals surface area (Å²) in [5, 5.41) is 0. The first-order chi connectivity index (χ1) is 20.5. The predicted molar refractivity (Wildman–Crippen MR) is 177 cm³/mol. The Morgan fingerprint density at radius 3 is 1.43 bits per heavy atom. The summed E-state index contributed by atoms with van der Waals surface area (Å²) in [6.45, 7) is 6.07. The van der Waals surface area contributed by atoms with Crippen LogP contribution in [0, 0.1) is 6.42 Å². The quantitative estimate of drug-likeness (QED) is 0.217. The lowest BCUT2D eigenvalue weighted by atomic mass is 9.89. The second kappa shape index (κ2) is 11.3. The summed E-state index contributed by atoms with van der Waals surface area (Å²) in [6.07, 6.45) is 2.14. The van der Waals surface area contributed by atoms with Gasteiger partial charge in [0, 0.05) is 17.8 Å². The van der Waals surface area contributed by atoms with Crippen LogP contribution in [0.1, 0.15) is 37.9 Å². The largest absolute Gasteiger partial charge is 0.321 e. The molecule has 2 atom stereocenters. The SMILES string of the molecule is CC.C[C@](N)(C1=C(C(N)c2ccccc2)[CH]1)c1ccc(N2c3ccccc3N(c3ccccc3)c3ccccc32)cc1. The smallest absolute Gasteiger partial charge is 0.0703 e. The normalized spacial score (nSPS) is 15.5. The second-order valence-electron chi connectivity index (χ2n) is 10.6. The van der Waals surface area contributed by atoms with Crippen LogP contribution in [0.2, 0.25) is 0 Å². The number of hydrogen-bond donors (Lipinski definition) is 2. The maximum Gasteiger partial charge on any atom is 0.0703 e. The van der Waals surface area contributed by atoms with Crippen molar-refractivity contribution in [3.63, 3.8) is 0 Å². The Morgan fingerprint density at radius 1 is 0.548 bits per heavy atom. The van der Waals surface area contributed by atoms with Crippen LogP contribution in [0.3, 0.4) is 0 Å². The lowest BCUT2D eigenvalue weighted by molar-refractivity contribution is 0.611. The van der Waals surface area contributed by atoms with Gasteiger partial charge in [0.2, 0.25) is 0 Å². The molecule has 5 aromatic rings. The topological polar surface area (TPSA) is 58.5 Å². The van der Waals surface area contributed by atoms with Crippen LogP contribution in [0.15, 0.2) is 145 Å². The molecule has 1 radical (unpaired) electrons. The van der Waals surface area contributed by atoms with E-state index in [1.165, 1.54) is 0 Å². The van der Waals surface area contributed by atoms with E-state index >= 15 is 0 Å². The standard InChI is InChI=1S/C36H31N4.C2H6/c1-36(38,30-24-29(30)35(37)25-12-4-2-5-13-25)26-20-22-28(23-21-26)40-33-18-10-8-16-31(33)39(27-14-6-3-7-15-27)32-17-9-11-19-34(32)40;1-2/h2-24,35H,37-38H2,1H3;1-2H3/t35?,36-;/m1./s1. The van der Waals surface area contributed by atoms with E-state index < -0.39 is 5.54 Å². The lowest BCUT2D eigenvalue weighted by Gasteiger charge is -2.40. The van der Waals surface area contributed by atoms with Gasteiger partial charge in [0.05, 0.1) is 34.3 Å². The highest BCUT2D eigenvalue weighted by Crippen LogP contribution is 2.54. The number of para-hydroxylation sites is 5. The molecule has 1 aliphatic heterocycles. The number of benzene rings is 5. The molecule has 0 amide bonds. The molecule has 0 saturated carbocycles. The van der Waals surface area contributed by atoms with Gasteiger partial charge in [-0.3, -0.25) is 0 Å². The van der Waals surface area contributed by atoms with Crippen molar-refractivity contribution in [3.8, 4) is 0 Å². The summed E-state index contributed by atoms with van der Waals surface area (Å²) in [5.74, 6) is 0. The minimum atomic E-state index is -0.623. The third-order valence-corrected chi connectivity index (χ3v) is 8.05. The number of fused-ring (bicyclic) bond motifs is 2. The van der Waals surface area contributed by atoms with Crippen LogP contribution in [-0.2, 0) is 5.54 Å². The van der Waals surface area contributed by atoms with Crippen LogP contribution in [0.4, 0.5) is 34.1 Å². The molecule has 1 aliphatic carbocycles. The van der Waals surface area contributed by atoms with Gasteiger partial charge in [-0.05, 0) is 77.7 Å². The first kappa shape index (κ1) is 27.5. The van der Waals surface area contributed by atoms with E-state index in [2.05, 4.69) is 138 Å². The van der Waals surface area contributed by atoms with E-state index in [4.69, 9.17) is 11.5 Å². The Labute approximate surface area is 249 Å². The molecule has 0 fully saturated rings. The summed E-state index contributed by atoms with van der Waals surface area (Å²) >= 11 is 0. The summed E-state index contributed by atoms with van der Waals surface area (Å²) in [6, 6.07) is 46.3. The van der Waals surface area contributed by atoms with Gasteiger partial charge < -0.3 is 21.3 Å². The first-order valence-corrected chi connectivity index (χ1v) is 14.7. The Kier molecular flexibility index (Phi) is 7.42. The van der Waals surface area contributed by atoms with Crippen LogP contribution >= 0.6 is 0 Å². The fraction of sp³-hybridized carbons (Fsp3) is 0.132. The molecular weight excluding hydrogens is 512 g/mol. The summed E-state index contributed by atoms with van der Waals surface area (Å²) in [7, 11) is 0. The predicted octanol–water partition coefficient (Wildman–Crippen LogP) is 9.35. The summed E-state index contributed by atoms with van der Waals surface area (Å²) in [5.41, 5.74) is 24.0. The van der Waals surface area contributed by atoms with Crippen molar-refractivity contribution >= 4 is 34.1 Å². The zero-order valence-electron chi connectivity index (χ0n) is 24.4. The van der Waals surface area contributed by atoms with Crippen molar-refractivity contribution in [1.82, 2.24) is 0 Å². The van der Waals surface area contributed by atoms with Crippen molar-refractivity contribution < 1.29 is 0 Å². The highest BCUT2D eigenvalue weighted by Gasteiger charge is 2.40. The number of hydrogen-bond acceptors (Lipinski definition) is 4. The molecule has 4 N–H and O–H groups in total. The van der Waals surface area contributed by atoms with Crippen LogP contribution in [0.25, 0.3) is 0 Å². The molecule has 0 bridgehead atoms. The molecule has 4 nitrogen and oxygen atoms in total. The number of nitrogens with zero attached hydrogens (tertiary/aromatic N) is 2. The molecule has 4 heteroatoms. The van der Waals surface area contributed by atoms with Gasteiger partial charge in [-0.2, -0.15) is 0 Å². The average Bonchev–Trinajstić information content (AvgIpc) is 3.87. The fourth-order valence-electron chi connectivity index (χ4n) is 5.86. The van der Waals surface area contributed by atoms with Gasteiger partial charge in [-0.15, -0.1) is 0 Å². The third kappa shape index (κ3) is 4.79. The van der Waals surface area contributed by atoms with Crippen LogP contribution < -0.4 is 21.3 Å². The second-order valence-corrected chi connectivity index (χ2v) is 10.6. The number of anilines is 6. The monoisotopic (exact) mass is 549 g/mol. The Balaban J connectivity index is 0.00000155. The van der Waals surface area contributed by atoms with Crippen LogP contribution in [0.5, 0.6) is 0 Å². The molecule has 1 heterocycles. The van der Waals surface area contributed by atoms with Crippen LogP contribution in [-0.4, -0.2) is 0 Å². The van der Waals surface area contributed by atoms with Gasteiger partial charge in [0.25, 0.3) is 0 Å². The fourth-order valence-corrected chi connectivity index (χ4v) is 5.86. The number of rotatable bonds is 6. The molecule has 1 unspecified atom stereocenters. The van der Waals surface area contributed by atoms with Crippen molar-refractivity contribution in [3.05, 3.63) is 162 Å². The van der Waals surface area contributed by atoms with E-state index in [9.17, 15) is 0 Å². The molecule has 5 aromatic carbocycles. The Hall–Kier alpha value is -4.64. The number of nitrogens with two attached hydrogens (primary N) is 2. The maximum atomic E-state index is 6.95. The van der Waals surface area contributed by atoms with Crippen molar-refractivity contribution in [1.29, 1.82) is 0 Å². The van der Waals surface area contributed by atoms with Gasteiger partial charge >= 0.3 is 0 Å². The molecule has 42 heavy (non-hydrogen) atoms.